The smallest absolute Gasteiger partial charge is 0.253 e. The van der Waals surface area contributed by atoms with Gasteiger partial charge in [0, 0.05) is 38.1 Å². The lowest BCUT2D eigenvalue weighted by molar-refractivity contribution is 0.0419. The molecule has 1 amide bonds. The van der Waals surface area contributed by atoms with Crippen LogP contribution in [0.3, 0.4) is 0 Å². The van der Waals surface area contributed by atoms with Crippen LogP contribution in [0.15, 0.2) is 42.7 Å². The van der Waals surface area contributed by atoms with E-state index in [9.17, 15) is 4.79 Å². The third-order valence-electron chi connectivity index (χ3n) is 5.93. The molecule has 2 aromatic rings. The van der Waals surface area contributed by atoms with E-state index in [1.165, 1.54) is 12.8 Å². The van der Waals surface area contributed by atoms with Crippen molar-refractivity contribution < 1.29 is 9.53 Å². The molecule has 2 fully saturated rings. The standard InChI is InChI=1S/C23H28ClN3O2/c1-26(23(28)18-7-9-25-10-8-18)15-17-13-20(14-17)29-21-6-4-5-19(22(21)24)16-27-11-2-3-12-27/h4-10,17,20H,2-3,11-16H2,1H3. The Morgan fingerprint density at radius 1 is 1.21 bits per heavy atom. The number of hydrogen-bond donors (Lipinski definition) is 0. The summed E-state index contributed by atoms with van der Waals surface area (Å²) in [5.74, 6) is 1.28. The minimum Gasteiger partial charge on any atom is -0.489 e. The maximum atomic E-state index is 12.5. The highest BCUT2D eigenvalue weighted by Crippen LogP contribution is 2.36. The van der Waals surface area contributed by atoms with E-state index in [0.29, 0.717) is 11.5 Å². The molecule has 1 aromatic carbocycles. The molecule has 1 aliphatic heterocycles. The maximum Gasteiger partial charge on any atom is 0.253 e. The predicted molar refractivity (Wildman–Crippen MR) is 114 cm³/mol. The molecule has 1 aliphatic carbocycles. The third kappa shape index (κ3) is 4.90. The topological polar surface area (TPSA) is 45.7 Å². The third-order valence-corrected chi connectivity index (χ3v) is 6.36. The van der Waals surface area contributed by atoms with Gasteiger partial charge in [0.25, 0.3) is 5.91 Å². The molecule has 4 rings (SSSR count). The van der Waals surface area contributed by atoms with Gasteiger partial charge in [-0.05, 0) is 68.5 Å². The van der Waals surface area contributed by atoms with E-state index in [2.05, 4.69) is 16.0 Å². The van der Waals surface area contributed by atoms with Gasteiger partial charge in [0.2, 0.25) is 0 Å². The fraction of sp³-hybridized carbons (Fsp3) is 0.478. The second kappa shape index (κ2) is 9.14. The number of ether oxygens (including phenoxy) is 1. The molecule has 1 saturated heterocycles. The van der Waals surface area contributed by atoms with Crippen LogP contribution in [-0.4, -0.2) is 53.5 Å². The van der Waals surface area contributed by atoms with Gasteiger partial charge in [0.15, 0.2) is 0 Å². The van der Waals surface area contributed by atoms with Crippen molar-refractivity contribution in [3.63, 3.8) is 0 Å². The second-order valence-electron chi connectivity index (χ2n) is 8.21. The second-order valence-corrected chi connectivity index (χ2v) is 8.59. The first-order valence-electron chi connectivity index (χ1n) is 10.4. The Hall–Kier alpha value is -2.11. The highest BCUT2D eigenvalue weighted by molar-refractivity contribution is 6.32. The fourth-order valence-corrected chi connectivity index (χ4v) is 4.47. The van der Waals surface area contributed by atoms with Gasteiger partial charge in [-0.25, -0.2) is 0 Å². The van der Waals surface area contributed by atoms with Crippen LogP contribution in [0.2, 0.25) is 5.02 Å². The van der Waals surface area contributed by atoms with Crippen molar-refractivity contribution in [1.29, 1.82) is 0 Å². The fourth-order valence-electron chi connectivity index (χ4n) is 4.24. The van der Waals surface area contributed by atoms with Gasteiger partial charge in [0.05, 0.1) is 11.1 Å². The molecule has 1 aromatic heterocycles. The monoisotopic (exact) mass is 413 g/mol. The van der Waals surface area contributed by atoms with Gasteiger partial charge in [-0.15, -0.1) is 0 Å². The molecule has 0 atom stereocenters. The summed E-state index contributed by atoms with van der Waals surface area (Å²) in [4.78, 5) is 20.7. The molecule has 0 radical (unpaired) electrons. The summed E-state index contributed by atoms with van der Waals surface area (Å²) >= 11 is 6.63. The Morgan fingerprint density at radius 3 is 2.66 bits per heavy atom. The summed E-state index contributed by atoms with van der Waals surface area (Å²) in [6.07, 6.45) is 7.90. The molecule has 29 heavy (non-hydrogen) atoms. The molecular weight excluding hydrogens is 386 g/mol. The molecular formula is C23H28ClN3O2. The maximum absolute atomic E-state index is 12.5. The lowest BCUT2D eigenvalue weighted by Gasteiger charge is -2.37. The molecule has 0 spiro atoms. The average molecular weight is 414 g/mol. The van der Waals surface area contributed by atoms with Crippen molar-refractivity contribution in [2.24, 2.45) is 5.92 Å². The number of rotatable bonds is 7. The van der Waals surface area contributed by atoms with Crippen LogP contribution in [0.1, 0.15) is 41.6 Å². The number of hydrogen-bond acceptors (Lipinski definition) is 4. The quantitative estimate of drug-likeness (QED) is 0.680. The number of likely N-dealkylation sites (tertiary alicyclic amines) is 1. The SMILES string of the molecule is CN(CC1CC(Oc2cccc(CN3CCCC3)c2Cl)C1)C(=O)c1ccncc1. The average Bonchev–Trinajstić information content (AvgIpc) is 3.22. The highest BCUT2D eigenvalue weighted by Gasteiger charge is 2.33. The zero-order valence-electron chi connectivity index (χ0n) is 16.9. The minimum absolute atomic E-state index is 0.0365. The highest BCUT2D eigenvalue weighted by atomic mass is 35.5. The van der Waals surface area contributed by atoms with Gasteiger partial charge < -0.3 is 9.64 Å². The zero-order chi connectivity index (χ0) is 20.2. The Balaban J connectivity index is 1.27. The van der Waals surface area contributed by atoms with Crippen LogP contribution in [0.25, 0.3) is 0 Å². The van der Waals surface area contributed by atoms with E-state index in [0.717, 1.165) is 55.4 Å². The first-order valence-corrected chi connectivity index (χ1v) is 10.8. The Bertz CT molecular complexity index is 833. The van der Waals surface area contributed by atoms with Crippen molar-refractivity contribution in [1.82, 2.24) is 14.8 Å². The summed E-state index contributed by atoms with van der Waals surface area (Å²) in [5.41, 5.74) is 1.82. The number of benzene rings is 1. The van der Waals surface area contributed by atoms with Crippen LogP contribution in [0.5, 0.6) is 5.75 Å². The molecule has 5 nitrogen and oxygen atoms in total. The van der Waals surface area contributed by atoms with Crippen LogP contribution < -0.4 is 4.74 Å². The van der Waals surface area contributed by atoms with E-state index in [1.807, 2.05) is 19.2 Å². The largest absolute Gasteiger partial charge is 0.489 e. The molecule has 2 heterocycles. The zero-order valence-corrected chi connectivity index (χ0v) is 17.6. The molecule has 1 saturated carbocycles. The molecule has 154 valence electrons. The first kappa shape index (κ1) is 20.2. The van der Waals surface area contributed by atoms with E-state index < -0.39 is 0 Å². The number of aromatic nitrogens is 1. The van der Waals surface area contributed by atoms with Gasteiger partial charge in [0.1, 0.15) is 5.75 Å². The van der Waals surface area contributed by atoms with Crippen molar-refractivity contribution in [3.05, 3.63) is 58.9 Å². The number of carbonyl (C=O) groups excluding carboxylic acids is 1. The van der Waals surface area contributed by atoms with E-state index in [4.69, 9.17) is 16.3 Å². The summed E-state index contributed by atoms with van der Waals surface area (Å²) in [6, 6.07) is 9.59. The number of pyridine rings is 1. The lowest BCUT2D eigenvalue weighted by Crippen LogP contribution is -2.42. The Kier molecular flexibility index (Phi) is 6.36. The van der Waals surface area contributed by atoms with Crippen molar-refractivity contribution in [2.75, 3.05) is 26.7 Å². The predicted octanol–water partition coefficient (Wildman–Crippen LogP) is 4.26. The summed E-state index contributed by atoms with van der Waals surface area (Å²) in [5, 5.41) is 0.743. The van der Waals surface area contributed by atoms with Crippen LogP contribution >= 0.6 is 11.6 Å². The van der Waals surface area contributed by atoms with E-state index in [-0.39, 0.29) is 12.0 Å². The first-order chi connectivity index (χ1) is 14.1. The molecule has 0 N–H and O–H groups in total. The van der Waals surface area contributed by atoms with Gasteiger partial charge in [-0.1, -0.05) is 23.7 Å². The number of halogens is 1. The summed E-state index contributed by atoms with van der Waals surface area (Å²) in [6.45, 7) is 3.93. The molecule has 0 bridgehead atoms. The molecule has 0 unspecified atom stereocenters. The van der Waals surface area contributed by atoms with Gasteiger partial charge in [-0.2, -0.15) is 0 Å². The van der Waals surface area contributed by atoms with Crippen molar-refractivity contribution in [2.45, 2.75) is 38.3 Å². The number of carbonyl (C=O) groups is 1. The van der Waals surface area contributed by atoms with Crippen LogP contribution in [0, 0.1) is 5.92 Å². The number of amides is 1. The number of nitrogens with zero attached hydrogens (tertiary/aromatic N) is 3. The van der Waals surface area contributed by atoms with Crippen molar-refractivity contribution >= 4 is 17.5 Å². The Morgan fingerprint density at radius 2 is 1.93 bits per heavy atom. The Labute approximate surface area is 177 Å². The van der Waals surface area contributed by atoms with E-state index >= 15 is 0 Å². The summed E-state index contributed by atoms with van der Waals surface area (Å²) < 4.78 is 6.18. The lowest BCUT2D eigenvalue weighted by atomic mass is 9.82. The summed E-state index contributed by atoms with van der Waals surface area (Å²) in [7, 11) is 1.86. The van der Waals surface area contributed by atoms with Gasteiger partial charge in [-0.3, -0.25) is 14.7 Å². The van der Waals surface area contributed by atoms with Crippen molar-refractivity contribution in [3.8, 4) is 5.75 Å². The normalized spacial score (nSPS) is 21.6. The molecule has 6 heteroatoms. The van der Waals surface area contributed by atoms with Crippen LogP contribution in [0.4, 0.5) is 0 Å². The van der Waals surface area contributed by atoms with E-state index in [1.54, 1.807) is 29.4 Å². The molecule has 2 aliphatic rings. The van der Waals surface area contributed by atoms with Crippen LogP contribution in [-0.2, 0) is 6.54 Å². The van der Waals surface area contributed by atoms with Gasteiger partial charge >= 0.3 is 0 Å². The minimum atomic E-state index is 0.0365.